The van der Waals surface area contributed by atoms with Gasteiger partial charge in [-0.15, -0.1) is 21.5 Å². The van der Waals surface area contributed by atoms with Gasteiger partial charge in [0.25, 0.3) is 0 Å². The lowest BCUT2D eigenvalue weighted by molar-refractivity contribution is 0.211. The molecule has 1 aliphatic heterocycles. The topological polar surface area (TPSA) is 43.6 Å². The van der Waals surface area contributed by atoms with Gasteiger partial charge in [0.1, 0.15) is 16.7 Å². The molecule has 1 unspecified atom stereocenters. The van der Waals surface area contributed by atoms with Gasteiger partial charge in [-0.25, -0.2) is 4.98 Å². The first-order valence-electron chi connectivity index (χ1n) is 7.75. The number of hydrogen-bond donors (Lipinski definition) is 0. The van der Waals surface area contributed by atoms with E-state index in [4.69, 9.17) is 0 Å². The third-order valence-corrected chi connectivity index (χ3v) is 5.49. The van der Waals surface area contributed by atoms with Crippen LogP contribution in [0.4, 0.5) is 0 Å². The minimum Gasteiger partial charge on any atom is -0.315 e. The summed E-state index contributed by atoms with van der Waals surface area (Å²) in [6.45, 7) is 10.1. The first-order valence-corrected chi connectivity index (χ1v) is 8.63. The van der Waals surface area contributed by atoms with Crippen LogP contribution in [0, 0.1) is 18.3 Å². The Hall–Kier alpha value is -1.23. The second-order valence-electron chi connectivity index (χ2n) is 7.13. The van der Waals surface area contributed by atoms with Crippen molar-refractivity contribution in [2.75, 3.05) is 0 Å². The van der Waals surface area contributed by atoms with E-state index in [9.17, 15) is 0 Å². The fourth-order valence-electron chi connectivity index (χ4n) is 3.16. The molecule has 0 saturated carbocycles. The number of hydrogen-bond acceptors (Lipinski definition) is 4. The fraction of sp³-hybridized carbons (Fsp3) is 0.688. The molecule has 3 rings (SSSR count). The minimum atomic E-state index is 0.379. The van der Waals surface area contributed by atoms with E-state index in [0.29, 0.717) is 5.41 Å². The quantitative estimate of drug-likeness (QED) is 0.851. The highest BCUT2D eigenvalue weighted by Crippen LogP contribution is 2.35. The summed E-state index contributed by atoms with van der Waals surface area (Å²) in [7, 11) is 0. The zero-order valence-corrected chi connectivity index (χ0v) is 14.2. The van der Waals surface area contributed by atoms with Crippen LogP contribution in [0.1, 0.15) is 56.0 Å². The van der Waals surface area contributed by atoms with Crippen LogP contribution in [0.3, 0.4) is 0 Å². The lowest BCUT2D eigenvalue weighted by Crippen LogP contribution is -2.21. The van der Waals surface area contributed by atoms with Crippen molar-refractivity contribution < 1.29 is 0 Å². The fourth-order valence-corrected chi connectivity index (χ4v) is 3.93. The van der Waals surface area contributed by atoms with Crippen molar-refractivity contribution in [1.82, 2.24) is 19.7 Å². The van der Waals surface area contributed by atoms with Gasteiger partial charge in [0.05, 0.1) is 6.42 Å². The Morgan fingerprint density at radius 2 is 2.10 bits per heavy atom. The predicted molar refractivity (Wildman–Crippen MR) is 85.6 cm³/mol. The molecule has 2 aromatic heterocycles. The number of aromatic nitrogens is 4. The third-order valence-electron chi connectivity index (χ3n) is 4.52. The van der Waals surface area contributed by atoms with Crippen molar-refractivity contribution in [2.45, 2.75) is 59.9 Å². The van der Waals surface area contributed by atoms with Gasteiger partial charge < -0.3 is 4.57 Å². The van der Waals surface area contributed by atoms with Gasteiger partial charge in [0, 0.05) is 24.0 Å². The van der Waals surface area contributed by atoms with Crippen molar-refractivity contribution in [1.29, 1.82) is 0 Å². The zero-order chi connectivity index (χ0) is 15.0. The zero-order valence-electron chi connectivity index (χ0n) is 13.4. The van der Waals surface area contributed by atoms with Crippen molar-refractivity contribution >= 4 is 11.3 Å². The second-order valence-corrected chi connectivity index (χ2v) is 8.08. The average molecular weight is 304 g/mol. The monoisotopic (exact) mass is 304 g/mol. The molecule has 1 atom stereocenters. The van der Waals surface area contributed by atoms with E-state index in [1.165, 1.54) is 12.8 Å². The number of rotatable bonds is 2. The minimum absolute atomic E-state index is 0.379. The summed E-state index contributed by atoms with van der Waals surface area (Å²) in [5, 5.41) is 12.1. The molecule has 4 nitrogen and oxygen atoms in total. The number of aryl methyl sites for hydroxylation is 2. The van der Waals surface area contributed by atoms with Crippen LogP contribution in [0.15, 0.2) is 5.38 Å². The van der Waals surface area contributed by atoms with Gasteiger partial charge in [-0.2, -0.15) is 0 Å². The van der Waals surface area contributed by atoms with Crippen LogP contribution in [0.25, 0.3) is 0 Å². The highest BCUT2D eigenvalue weighted by Gasteiger charge is 2.28. The summed E-state index contributed by atoms with van der Waals surface area (Å²) < 4.78 is 2.34. The van der Waals surface area contributed by atoms with Gasteiger partial charge in [-0.05, 0) is 31.1 Å². The molecule has 0 amide bonds. The Kier molecular flexibility index (Phi) is 3.86. The summed E-state index contributed by atoms with van der Waals surface area (Å²) in [4.78, 5) is 4.55. The third kappa shape index (κ3) is 3.18. The normalized spacial score (nSPS) is 19.3. The molecular formula is C16H24N4S. The van der Waals surface area contributed by atoms with Crippen molar-refractivity contribution in [2.24, 2.45) is 11.3 Å². The standard InChI is InChI=1S/C16H24N4S/c1-11-10-21-15(17-11)9-14-19-18-13-6-5-12(16(2,3)4)7-8-20(13)14/h10,12H,5-9H2,1-4H3. The smallest absolute Gasteiger partial charge is 0.139 e. The van der Waals surface area contributed by atoms with Gasteiger partial charge >= 0.3 is 0 Å². The molecule has 0 aromatic carbocycles. The maximum absolute atomic E-state index is 4.55. The van der Waals surface area contributed by atoms with Gasteiger partial charge in [0.15, 0.2) is 0 Å². The summed E-state index contributed by atoms with van der Waals surface area (Å²) in [6, 6.07) is 0. The number of fused-ring (bicyclic) bond motifs is 1. The summed E-state index contributed by atoms with van der Waals surface area (Å²) in [5.41, 5.74) is 1.47. The van der Waals surface area contributed by atoms with Crippen molar-refractivity contribution in [3.8, 4) is 0 Å². The molecule has 0 bridgehead atoms. The van der Waals surface area contributed by atoms with Crippen LogP contribution in [0.2, 0.25) is 0 Å². The van der Waals surface area contributed by atoms with E-state index in [1.807, 2.05) is 6.92 Å². The SMILES string of the molecule is Cc1csc(Cc2nnc3n2CCC(C(C)(C)C)CC3)n1. The maximum atomic E-state index is 4.55. The van der Waals surface area contributed by atoms with E-state index >= 15 is 0 Å². The summed E-state index contributed by atoms with van der Waals surface area (Å²) in [6.07, 6.45) is 4.30. The van der Waals surface area contributed by atoms with E-state index < -0.39 is 0 Å². The molecule has 0 radical (unpaired) electrons. The van der Waals surface area contributed by atoms with Crippen molar-refractivity contribution in [3.05, 3.63) is 27.7 Å². The Balaban J connectivity index is 1.78. The molecule has 0 N–H and O–H groups in total. The van der Waals surface area contributed by atoms with Gasteiger partial charge in [-0.1, -0.05) is 20.8 Å². The van der Waals surface area contributed by atoms with Crippen LogP contribution in [0.5, 0.6) is 0 Å². The molecule has 114 valence electrons. The van der Waals surface area contributed by atoms with Crippen LogP contribution < -0.4 is 0 Å². The molecule has 0 aliphatic carbocycles. The van der Waals surface area contributed by atoms with Crippen LogP contribution in [-0.4, -0.2) is 19.7 Å². The largest absolute Gasteiger partial charge is 0.315 e. The number of thiazole rings is 1. The highest BCUT2D eigenvalue weighted by molar-refractivity contribution is 7.09. The van der Waals surface area contributed by atoms with Crippen LogP contribution >= 0.6 is 11.3 Å². The summed E-state index contributed by atoms with van der Waals surface area (Å²) in [5.74, 6) is 2.99. The Labute approximate surface area is 130 Å². The lowest BCUT2D eigenvalue weighted by Gasteiger charge is -2.29. The Morgan fingerprint density at radius 3 is 2.76 bits per heavy atom. The molecular weight excluding hydrogens is 280 g/mol. The molecule has 2 aromatic rings. The van der Waals surface area contributed by atoms with E-state index in [1.54, 1.807) is 11.3 Å². The van der Waals surface area contributed by atoms with Crippen LogP contribution in [-0.2, 0) is 19.4 Å². The van der Waals surface area contributed by atoms with Crippen molar-refractivity contribution in [3.63, 3.8) is 0 Å². The van der Waals surface area contributed by atoms with Gasteiger partial charge in [-0.3, -0.25) is 0 Å². The van der Waals surface area contributed by atoms with E-state index in [2.05, 4.69) is 45.9 Å². The molecule has 3 heterocycles. The first kappa shape index (κ1) is 14.7. The highest BCUT2D eigenvalue weighted by atomic mass is 32.1. The number of nitrogens with zero attached hydrogens (tertiary/aromatic N) is 4. The predicted octanol–water partition coefficient (Wildman–Crippen LogP) is 3.63. The second kappa shape index (κ2) is 5.52. The Morgan fingerprint density at radius 1 is 1.29 bits per heavy atom. The lowest BCUT2D eigenvalue weighted by atomic mass is 9.76. The molecule has 0 saturated heterocycles. The Bertz CT molecular complexity index is 621. The van der Waals surface area contributed by atoms with Gasteiger partial charge in [0.2, 0.25) is 0 Å². The molecule has 0 fully saturated rings. The molecule has 0 spiro atoms. The summed E-state index contributed by atoms with van der Waals surface area (Å²) >= 11 is 1.72. The molecule has 5 heteroatoms. The maximum Gasteiger partial charge on any atom is 0.139 e. The van der Waals surface area contributed by atoms with E-state index in [0.717, 1.165) is 47.7 Å². The molecule has 21 heavy (non-hydrogen) atoms. The average Bonchev–Trinajstić information content (AvgIpc) is 2.89. The van der Waals surface area contributed by atoms with E-state index in [-0.39, 0.29) is 0 Å². The molecule has 1 aliphatic rings. The first-order chi connectivity index (χ1) is 9.93.